The van der Waals surface area contributed by atoms with Crippen LogP contribution in [0, 0.1) is 0 Å². The number of aromatic nitrogens is 2. The molecule has 2 atom stereocenters. The van der Waals surface area contributed by atoms with E-state index in [1.54, 1.807) is 6.26 Å². The van der Waals surface area contributed by atoms with Gasteiger partial charge in [0, 0.05) is 29.4 Å². The minimum absolute atomic E-state index is 0.193. The highest BCUT2D eigenvalue weighted by Crippen LogP contribution is 2.04. The first-order valence-electron chi connectivity index (χ1n) is 5.27. The Hall–Kier alpha value is -0.570. The van der Waals surface area contributed by atoms with Crippen LogP contribution in [-0.2, 0) is 10.8 Å². The fourth-order valence-corrected chi connectivity index (χ4v) is 2.04. The van der Waals surface area contributed by atoms with Gasteiger partial charge in [0.1, 0.15) is 18.9 Å². The van der Waals surface area contributed by atoms with Crippen molar-refractivity contribution in [1.29, 1.82) is 0 Å². The molecule has 6 nitrogen and oxygen atoms in total. The molecule has 17 heavy (non-hydrogen) atoms. The molecule has 2 unspecified atom stereocenters. The summed E-state index contributed by atoms with van der Waals surface area (Å²) in [5.74, 6) is 1.12. The van der Waals surface area contributed by atoms with E-state index in [2.05, 4.69) is 14.1 Å². The minimum Gasteiger partial charge on any atom is -0.473 e. The first-order valence-corrected chi connectivity index (χ1v) is 7.73. The van der Waals surface area contributed by atoms with Crippen molar-refractivity contribution in [2.75, 3.05) is 31.7 Å². The van der Waals surface area contributed by atoms with Gasteiger partial charge < -0.3 is 15.2 Å². The van der Waals surface area contributed by atoms with E-state index in [1.807, 2.05) is 0 Å². The lowest BCUT2D eigenvalue weighted by Crippen LogP contribution is -2.32. The second kappa shape index (κ2) is 8.51. The molecule has 2 N–H and O–H groups in total. The predicted octanol–water partition coefficient (Wildman–Crippen LogP) is -0.364. The predicted molar refractivity (Wildman–Crippen MR) is 67.8 cm³/mol. The molecule has 1 aromatic rings. The van der Waals surface area contributed by atoms with Gasteiger partial charge in [-0.1, -0.05) is 0 Å². The Morgan fingerprint density at radius 1 is 1.71 bits per heavy atom. The van der Waals surface area contributed by atoms with E-state index in [1.165, 1.54) is 6.20 Å². The summed E-state index contributed by atoms with van der Waals surface area (Å²) < 4.78 is 23.6. The van der Waals surface area contributed by atoms with Crippen LogP contribution >= 0.6 is 11.7 Å². The Bertz CT molecular complexity index is 321. The van der Waals surface area contributed by atoms with Gasteiger partial charge in [-0.25, -0.2) is 0 Å². The molecule has 0 aromatic carbocycles. The van der Waals surface area contributed by atoms with Gasteiger partial charge >= 0.3 is 0 Å². The van der Waals surface area contributed by atoms with Crippen LogP contribution in [0.25, 0.3) is 0 Å². The normalized spacial score (nSPS) is 14.5. The second-order valence-corrected chi connectivity index (χ2v) is 5.66. The molecule has 0 aliphatic carbocycles. The van der Waals surface area contributed by atoms with E-state index >= 15 is 0 Å². The molecule has 1 rings (SSSR count). The number of aliphatic hydroxyl groups excluding tert-OH is 1. The third kappa shape index (κ3) is 7.37. The smallest absolute Gasteiger partial charge is 0.245 e. The van der Waals surface area contributed by atoms with Gasteiger partial charge in [0.25, 0.3) is 0 Å². The number of hydrogen-bond acceptors (Lipinski definition) is 7. The average molecular weight is 279 g/mol. The molecule has 0 fully saturated rings. The highest BCUT2D eigenvalue weighted by Gasteiger charge is 2.05. The standard InChI is InChI=1S/C9H17N3O3S2/c1-17(14)4-2-3-10-5-8(13)7-15-9-6-11-16-12-9/h6,8,10,13H,2-5,7H2,1H3. The monoisotopic (exact) mass is 279 g/mol. The number of aliphatic hydroxyl groups is 1. The van der Waals surface area contributed by atoms with Crippen molar-refractivity contribution in [2.45, 2.75) is 12.5 Å². The number of hydrogen-bond donors (Lipinski definition) is 2. The van der Waals surface area contributed by atoms with Crippen LogP contribution in [0.1, 0.15) is 6.42 Å². The highest BCUT2D eigenvalue weighted by molar-refractivity contribution is 7.84. The summed E-state index contributed by atoms with van der Waals surface area (Å²) in [6.07, 6.45) is 3.46. The van der Waals surface area contributed by atoms with Crippen molar-refractivity contribution in [3.63, 3.8) is 0 Å². The summed E-state index contributed by atoms with van der Waals surface area (Å²) >= 11 is 1.07. The fraction of sp³-hybridized carbons (Fsp3) is 0.778. The molecule has 0 aliphatic heterocycles. The van der Waals surface area contributed by atoms with E-state index < -0.39 is 16.9 Å². The molecule has 1 heterocycles. The highest BCUT2D eigenvalue weighted by atomic mass is 32.2. The van der Waals surface area contributed by atoms with Crippen LogP contribution in [0.2, 0.25) is 0 Å². The lowest BCUT2D eigenvalue weighted by atomic mass is 10.3. The van der Waals surface area contributed by atoms with Crippen LogP contribution in [0.4, 0.5) is 0 Å². The molecule has 1 aromatic heterocycles. The van der Waals surface area contributed by atoms with Crippen molar-refractivity contribution in [3.8, 4) is 5.88 Å². The fourth-order valence-electron chi connectivity index (χ4n) is 1.13. The Kier molecular flexibility index (Phi) is 7.25. The summed E-state index contributed by atoms with van der Waals surface area (Å²) in [5.41, 5.74) is 0. The average Bonchev–Trinajstić information content (AvgIpc) is 2.78. The van der Waals surface area contributed by atoms with E-state index in [-0.39, 0.29) is 6.61 Å². The number of nitrogens with one attached hydrogen (secondary N) is 1. The van der Waals surface area contributed by atoms with Gasteiger partial charge in [0.2, 0.25) is 5.88 Å². The van der Waals surface area contributed by atoms with Gasteiger partial charge in [-0.05, 0) is 13.0 Å². The molecule has 0 spiro atoms. The van der Waals surface area contributed by atoms with Crippen LogP contribution < -0.4 is 10.1 Å². The molecule has 0 saturated carbocycles. The maximum atomic E-state index is 10.8. The van der Waals surface area contributed by atoms with Crippen LogP contribution in [0.15, 0.2) is 6.20 Å². The van der Waals surface area contributed by atoms with Crippen molar-refractivity contribution < 1.29 is 14.1 Å². The third-order valence-electron chi connectivity index (χ3n) is 1.93. The Morgan fingerprint density at radius 3 is 3.18 bits per heavy atom. The van der Waals surface area contributed by atoms with Crippen molar-refractivity contribution >= 4 is 22.5 Å². The van der Waals surface area contributed by atoms with Crippen molar-refractivity contribution in [2.24, 2.45) is 0 Å². The molecule has 0 aliphatic rings. The van der Waals surface area contributed by atoms with Crippen LogP contribution in [-0.4, -0.2) is 55.9 Å². The largest absolute Gasteiger partial charge is 0.473 e. The molecule has 0 saturated heterocycles. The minimum atomic E-state index is -0.745. The first-order chi connectivity index (χ1) is 8.18. The van der Waals surface area contributed by atoms with Gasteiger partial charge in [-0.3, -0.25) is 4.21 Å². The Morgan fingerprint density at radius 2 is 2.53 bits per heavy atom. The Labute approximate surface area is 107 Å². The molecule has 0 bridgehead atoms. The number of ether oxygens (including phenoxy) is 1. The molecular weight excluding hydrogens is 262 g/mol. The molecule has 0 radical (unpaired) electrons. The zero-order valence-electron chi connectivity index (χ0n) is 9.66. The van der Waals surface area contributed by atoms with Crippen molar-refractivity contribution in [3.05, 3.63) is 6.20 Å². The molecule has 8 heteroatoms. The lowest BCUT2D eigenvalue weighted by Gasteiger charge is -2.11. The van der Waals surface area contributed by atoms with E-state index in [0.29, 0.717) is 18.2 Å². The maximum absolute atomic E-state index is 10.8. The zero-order valence-corrected chi connectivity index (χ0v) is 11.3. The lowest BCUT2D eigenvalue weighted by molar-refractivity contribution is 0.104. The van der Waals surface area contributed by atoms with Gasteiger partial charge in [-0.2, -0.15) is 4.37 Å². The number of nitrogens with zero attached hydrogens (tertiary/aromatic N) is 2. The van der Waals surface area contributed by atoms with E-state index in [4.69, 9.17) is 4.74 Å². The van der Waals surface area contributed by atoms with Gasteiger partial charge in [0.15, 0.2) is 0 Å². The third-order valence-corrected chi connectivity index (χ3v) is 3.25. The molecule has 0 amide bonds. The summed E-state index contributed by atoms with van der Waals surface area (Å²) in [7, 11) is -0.745. The maximum Gasteiger partial charge on any atom is 0.245 e. The number of rotatable bonds is 9. The van der Waals surface area contributed by atoms with E-state index in [9.17, 15) is 9.32 Å². The zero-order chi connectivity index (χ0) is 12.5. The van der Waals surface area contributed by atoms with Gasteiger partial charge in [0.05, 0.1) is 11.7 Å². The van der Waals surface area contributed by atoms with E-state index in [0.717, 1.165) is 24.7 Å². The molecule has 98 valence electrons. The Balaban J connectivity index is 1.97. The first kappa shape index (κ1) is 14.5. The topological polar surface area (TPSA) is 84.3 Å². The summed E-state index contributed by atoms with van der Waals surface area (Å²) in [5, 5.41) is 12.6. The SMILES string of the molecule is CS(=O)CCCNCC(O)COc1cnsn1. The summed E-state index contributed by atoms with van der Waals surface area (Å²) in [6, 6.07) is 0. The summed E-state index contributed by atoms with van der Waals surface area (Å²) in [6.45, 7) is 1.39. The molecular formula is C9H17N3O3S2. The van der Waals surface area contributed by atoms with Crippen LogP contribution in [0.5, 0.6) is 5.88 Å². The van der Waals surface area contributed by atoms with Crippen molar-refractivity contribution in [1.82, 2.24) is 14.1 Å². The quantitative estimate of drug-likeness (QED) is 0.600. The van der Waals surface area contributed by atoms with Gasteiger partial charge in [-0.15, -0.1) is 4.37 Å². The second-order valence-electron chi connectivity index (χ2n) is 3.55. The van der Waals surface area contributed by atoms with Crippen LogP contribution in [0.3, 0.4) is 0 Å². The summed E-state index contributed by atoms with van der Waals surface area (Å²) in [4.78, 5) is 0.